The number of benzene rings is 1. The molecular formula is C25H33N3O2. The van der Waals surface area contributed by atoms with Gasteiger partial charge in [-0.25, -0.2) is 4.79 Å². The average Bonchev–Trinajstić information content (AvgIpc) is 3.11. The first-order valence-corrected chi connectivity index (χ1v) is 11.5. The number of nitrogens with one attached hydrogen (secondary N) is 1. The number of rotatable bonds is 1. The molecule has 0 unspecified atom stereocenters. The molecule has 0 spiro atoms. The molecule has 1 fully saturated rings. The van der Waals surface area contributed by atoms with Gasteiger partial charge in [-0.1, -0.05) is 18.2 Å². The number of carbonyl (C=O) groups excluding carboxylic acids is 1. The van der Waals surface area contributed by atoms with Crippen molar-refractivity contribution in [1.29, 1.82) is 0 Å². The molecule has 160 valence electrons. The minimum Gasteiger partial charge on any atom is -0.443 e. The number of hydrogen-bond acceptors (Lipinski definition) is 3. The standard InChI is InChI=1S/C25H33N3O2/c1-25(2,3)30-24(29)27-14-7-8-17(16-27)21-11-6-12-22-23-19(13-15-28(21)22)18-9-4-5-10-20(18)26-23/h4-5,9-10,16,21-22,26H,6-8,11-15H2,1-3H3/t21-,22+/m0/s1. The van der Waals surface area contributed by atoms with Crippen molar-refractivity contribution in [2.45, 2.75) is 77.0 Å². The summed E-state index contributed by atoms with van der Waals surface area (Å²) < 4.78 is 5.62. The second-order valence-electron chi connectivity index (χ2n) is 9.99. The lowest BCUT2D eigenvalue weighted by molar-refractivity contribution is 0.0312. The van der Waals surface area contributed by atoms with Gasteiger partial charge in [-0.3, -0.25) is 9.80 Å². The van der Waals surface area contributed by atoms with Crippen molar-refractivity contribution in [2.75, 3.05) is 13.1 Å². The first-order chi connectivity index (χ1) is 14.4. The molecule has 5 nitrogen and oxygen atoms in total. The van der Waals surface area contributed by atoms with Crippen LogP contribution in [0.3, 0.4) is 0 Å². The van der Waals surface area contributed by atoms with Crippen LogP contribution in [-0.4, -0.2) is 45.6 Å². The molecule has 1 aromatic carbocycles. The fraction of sp³-hybridized carbons (Fsp3) is 0.560. The van der Waals surface area contributed by atoms with E-state index in [1.165, 1.54) is 47.0 Å². The smallest absolute Gasteiger partial charge is 0.414 e. The molecule has 0 saturated carbocycles. The lowest BCUT2D eigenvalue weighted by atomic mass is 9.83. The van der Waals surface area contributed by atoms with Crippen molar-refractivity contribution in [3.8, 4) is 0 Å². The summed E-state index contributed by atoms with van der Waals surface area (Å²) in [6.45, 7) is 7.62. The summed E-state index contributed by atoms with van der Waals surface area (Å²) in [4.78, 5) is 20.9. The second-order valence-corrected chi connectivity index (χ2v) is 9.99. The molecule has 5 heteroatoms. The first kappa shape index (κ1) is 19.7. The molecule has 3 aliphatic rings. The van der Waals surface area contributed by atoms with Gasteiger partial charge in [0.25, 0.3) is 0 Å². The molecule has 1 saturated heterocycles. The Morgan fingerprint density at radius 1 is 1.07 bits per heavy atom. The third-order valence-electron chi connectivity index (χ3n) is 6.80. The summed E-state index contributed by atoms with van der Waals surface area (Å²) in [7, 11) is 0. The van der Waals surface area contributed by atoms with Gasteiger partial charge in [0.1, 0.15) is 5.60 Å². The second kappa shape index (κ2) is 7.45. The van der Waals surface area contributed by atoms with E-state index in [1.54, 1.807) is 4.90 Å². The van der Waals surface area contributed by atoms with Gasteiger partial charge in [0.05, 0.1) is 6.04 Å². The van der Waals surface area contributed by atoms with Crippen molar-refractivity contribution in [3.63, 3.8) is 0 Å². The van der Waals surface area contributed by atoms with Crippen molar-refractivity contribution in [2.24, 2.45) is 0 Å². The van der Waals surface area contributed by atoms with Crippen LogP contribution >= 0.6 is 0 Å². The molecule has 0 radical (unpaired) electrons. The highest BCUT2D eigenvalue weighted by atomic mass is 16.6. The van der Waals surface area contributed by atoms with Gasteiger partial charge in [0, 0.05) is 41.9 Å². The Hall–Kier alpha value is -2.27. The van der Waals surface area contributed by atoms with E-state index in [4.69, 9.17) is 4.74 Å². The fourth-order valence-corrected chi connectivity index (χ4v) is 5.59. The summed E-state index contributed by atoms with van der Waals surface area (Å²) in [6.07, 6.45) is 8.68. The maximum Gasteiger partial charge on any atom is 0.414 e. The number of ether oxygens (including phenoxy) is 1. The van der Waals surface area contributed by atoms with Crippen LogP contribution < -0.4 is 0 Å². The molecule has 30 heavy (non-hydrogen) atoms. The molecule has 1 aromatic heterocycles. The van der Waals surface area contributed by atoms with E-state index < -0.39 is 5.60 Å². The van der Waals surface area contributed by atoms with E-state index in [-0.39, 0.29) is 6.09 Å². The van der Waals surface area contributed by atoms with Crippen LogP contribution in [0.4, 0.5) is 4.79 Å². The number of H-pyrrole nitrogens is 1. The number of para-hydroxylation sites is 1. The van der Waals surface area contributed by atoms with Crippen LogP contribution in [0.5, 0.6) is 0 Å². The number of fused-ring (bicyclic) bond motifs is 5. The van der Waals surface area contributed by atoms with E-state index in [0.29, 0.717) is 12.1 Å². The Kier molecular flexibility index (Phi) is 4.89. The first-order valence-electron chi connectivity index (χ1n) is 11.5. The molecule has 0 bridgehead atoms. The topological polar surface area (TPSA) is 48.6 Å². The van der Waals surface area contributed by atoms with Crippen molar-refractivity contribution < 1.29 is 9.53 Å². The maximum atomic E-state index is 12.6. The number of carbonyl (C=O) groups is 1. The number of piperidine rings is 1. The summed E-state index contributed by atoms with van der Waals surface area (Å²) >= 11 is 0. The zero-order valence-electron chi connectivity index (χ0n) is 18.4. The molecule has 5 rings (SSSR count). The van der Waals surface area contributed by atoms with Crippen LogP contribution in [0.2, 0.25) is 0 Å². The predicted octanol–water partition coefficient (Wildman–Crippen LogP) is 5.53. The minimum absolute atomic E-state index is 0.219. The van der Waals surface area contributed by atoms with Crippen molar-refractivity contribution in [1.82, 2.24) is 14.8 Å². The van der Waals surface area contributed by atoms with Gasteiger partial charge >= 0.3 is 6.09 Å². The zero-order chi connectivity index (χ0) is 20.9. The summed E-state index contributed by atoms with van der Waals surface area (Å²) in [5.74, 6) is 0. The van der Waals surface area contributed by atoms with Crippen LogP contribution in [0.15, 0.2) is 36.0 Å². The van der Waals surface area contributed by atoms with E-state index in [9.17, 15) is 4.79 Å². The Morgan fingerprint density at radius 3 is 2.70 bits per heavy atom. The Bertz CT molecular complexity index is 984. The van der Waals surface area contributed by atoms with E-state index >= 15 is 0 Å². The van der Waals surface area contributed by atoms with Crippen molar-refractivity contribution in [3.05, 3.63) is 47.3 Å². The van der Waals surface area contributed by atoms with Crippen LogP contribution in [0.25, 0.3) is 10.9 Å². The lowest BCUT2D eigenvalue weighted by Crippen LogP contribution is -2.47. The summed E-state index contributed by atoms with van der Waals surface area (Å²) in [6, 6.07) is 9.59. The quantitative estimate of drug-likeness (QED) is 0.676. The third-order valence-corrected chi connectivity index (χ3v) is 6.80. The van der Waals surface area contributed by atoms with Crippen molar-refractivity contribution >= 4 is 17.0 Å². The molecule has 1 amide bonds. The predicted molar refractivity (Wildman–Crippen MR) is 119 cm³/mol. The lowest BCUT2D eigenvalue weighted by Gasteiger charge is -2.46. The van der Waals surface area contributed by atoms with E-state index in [1.807, 2.05) is 20.8 Å². The van der Waals surface area contributed by atoms with Gasteiger partial charge in [0.2, 0.25) is 0 Å². The number of aromatic amines is 1. The molecule has 4 heterocycles. The highest BCUT2D eigenvalue weighted by Gasteiger charge is 2.39. The maximum absolute atomic E-state index is 12.6. The average molecular weight is 408 g/mol. The zero-order valence-corrected chi connectivity index (χ0v) is 18.4. The van der Waals surface area contributed by atoms with Gasteiger partial charge in [0.15, 0.2) is 0 Å². The number of aromatic nitrogens is 1. The molecule has 1 N–H and O–H groups in total. The van der Waals surface area contributed by atoms with Gasteiger partial charge in [-0.15, -0.1) is 0 Å². The van der Waals surface area contributed by atoms with E-state index in [0.717, 1.165) is 32.4 Å². The van der Waals surface area contributed by atoms with Gasteiger partial charge < -0.3 is 9.72 Å². The van der Waals surface area contributed by atoms with Crippen LogP contribution in [0, 0.1) is 0 Å². The van der Waals surface area contributed by atoms with Crippen LogP contribution in [0.1, 0.15) is 70.2 Å². The fourth-order valence-electron chi connectivity index (χ4n) is 5.59. The molecule has 2 atom stereocenters. The monoisotopic (exact) mass is 407 g/mol. The number of nitrogens with zero attached hydrogens (tertiary/aromatic N) is 2. The molecular weight excluding hydrogens is 374 g/mol. The van der Waals surface area contributed by atoms with Gasteiger partial charge in [-0.05, 0) is 76.5 Å². The van der Waals surface area contributed by atoms with Gasteiger partial charge in [-0.2, -0.15) is 0 Å². The highest BCUT2D eigenvalue weighted by Crippen LogP contribution is 2.43. The minimum atomic E-state index is -0.461. The Labute approximate surface area is 179 Å². The Morgan fingerprint density at radius 2 is 1.87 bits per heavy atom. The normalized spacial score (nSPS) is 24.9. The van der Waals surface area contributed by atoms with Crippen LogP contribution in [-0.2, 0) is 11.2 Å². The summed E-state index contributed by atoms with van der Waals surface area (Å²) in [5.41, 5.74) is 5.14. The Balaban J connectivity index is 1.41. The molecule has 0 aliphatic carbocycles. The molecule has 2 aromatic rings. The number of hydrogen-bond donors (Lipinski definition) is 1. The third kappa shape index (κ3) is 3.53. The highest BCUT2D eigenvalue weighted by molar-refractivity contribution is 5.85. The van der Waals surface area contributed by atoms with E-state index in [2.05, 4.69) is 40.3 Å². The molecule has 3 aliphatic heterocycles. The number of amides is 1. The summed E-state index contributed by atoms with van der Waals surface area (Å²) in [5, 5.41) is 1.39. The SMILES string of the molecule is CC(C)(C)OC(=O)N1C=C([C@@H]2CCC[C@@H]3c4[nH]c5ccccc5c4CCN32)CCC1. The largest absolute Gasteiger partial charge is 0.443 e.